The average Bonchev–Trinajstić information content (AvgIpc) is 1.85. The van der Waals surface area contributed by atoms with Gasteiger partial charge in [-0.05, 0) is 12.0 Å². The first kappa shape index (κ1) is 8.95. The van der Waals surface area contributed by atoms with Gasteiger partial charge in [-0.15, -0.1) is 0 Å². The summed E-state index contributed by atoms with van der Waals surface area (Å²) in [5.74, 6) is 0.187. The van der Waals surface area contributed by atoms with Gasteiger partial charge in [0.1, 0.15) is 0 Å². The maximum absolute atomic E-state index is 10.6. The van der Waals surface area contributed by atoms with Crippen molar-refractivity contribution in [2.24, 2.45) is 5.92 Å². The number of allylic oxidation sites excluding steroid dienone is 3. The fourth-order valence-electron chi connectivity index (χ4n) is 0.416. The van der Waals surface area contributed by atoms with Crippen LogP contribution in [0.5, 0.6) is 0 Å². The van der Waals surface area contributed by atoms with E-state index in [9.17, 15) is 4.79 Å². The standard InChI is InChI=1S/C8H12O2/c1-7(2)3-4-8(10)5-6-9/h3-7,9H,1-2H3/b4-3+,6-5+. The topological polar surface area (TPSA) is 37.3 Å². The highest BCUT2D eigenvalue weighted by atomic mass is 16.2. The van der Waals surface area contributed by atoms with Crippen molar-refractivity contribution >= 4 is 5.78 Å². The van der Waals surface area contributed by atoms with Gasteiger partial charge in [-0.3, -0.25) is 4.79 Å². The summed E-state index contributed by atoms with van der Waals surface area (Å²) in [6.45, 7) is 3.96. The highest BCUT2D eigenvalue weighted by molar-refractivity contribution is 5.98. The predicted molar refractivity (Wildman–Crippen MR) is 40.8 cm³/mol. The third kappa shape index (κ3) is 5.09. The van der Waals surface area contributed by atoms with Gasteiger partial charge in [-0.2, -0.15) is 0 Å². The summed E-state index contributed by atoms with van der Waals surface area (Å²) in [7, 11) is 0. The van der Waals surface area contributed by atoms with Crippen LogP contribution in [0.1, 0.15) is 13.8 Å². The number of carbonyl (C=O) groups excluding carboxylic acids is 1. The van der Waals surface area contributed by atoms with Crippen LogP contribution in [0.2, 0.25) is 0 Å². The second-order valence-electron chi connectivity index (χ2n) is 2.32. The molecular weight excluding hydrogens is 128 g/mol. The van der Waals surface area contributed by atoms with Gasteiger partial charge in [-0.25, -0.2) is 0 Å². The third-order valence-corrected chi connectivity index (χ3v) is 0.884. The van der Waals surface area contributed by atoms with Crippen molar-refractivity contribution in [3.8, 4) is 0 Å². The molecule has 0 rings (SSSR count). The summed E-state index contributed by atoms with van der Waals surface area (Å²) in [4.78, 5) is 10.6. The van der Waals surface area contributed by atoms with E-state index in [0.29, 0.717) is 5.92 Å². The van der Waals surface area contributed by atoms with E-state index in [-0.39, 0.29) is 5.78 Å². The molecule has 0 saturated heterocycles. The molecule has 2 nitrogen and oxygen atoms in total. The minimum absolute atomic E-state index is 0.184. The zero-order chi connectivity index (χ0) is 7.98. The molecule has 0 aliphatic heterocycles. The Bertz CT molecular complexity index is 155. The Labute approximate surface area is 60.9 Å². The molecule has 0 aliphatic rings. The Kier molecular flexibility index (Phi) is 4.29. The van der Waals surface area contributed by atoms with Crippen molar-refractivity contribution in [2.75, 3.05) is 0 Å². The predicted octanol–water partition coefficient (Wildman–Crippen LogP) is 1.84. The van der Waals surface area contributed by atoms with E-state index in [0.717, 1.165) is 12.3 Å². The van der Waals surface area contributed by atoms with Crippen molar-refractivity contribution in [3.63, 3.8) is 0 Å². The first-order valence-electron chi connectivity index (χ1n) is 3.19. The number of aliphatic hydroxyl groups is 1. The fraction of sp³-hybridized carbons (Fsp3) is 0.375. The number of aliphatic hydroxyl groups excluding tert-OH is 1. The van der Waals surface area contributed by atoms with Crippen LogP contribution < -0.4 is 0 Å². The second-order valence-corrected chi connectivity index (χ2v) is 2.32. The molecule has 0 heterocycles. The molecular formula is C8H12O2. The maximum atomic E-state index is 10.6. The van der Waals surface area contributed by atoms with Crippen molar-refractivity contribution in [3.05, 3.63) is 24.5 Å². The van der Waals surface area contributed by atoms with Crippen LogP contribution in [0.25, 0.3) is 0 Å². The Balaban J connectivity index is 3.78. The summed E-state index contributed by atoms with van der Waals surface area (Å²) in [6, 6.07) is 0. The number of carbonyl (C=O) groups is 1. The lowest BCUT2D eigenvalue weighted by Gasteiger charge is -1.89. The summed E-state index contributed by atoms with van der Waals surface area (Å²) < 4.78 is 0. The van der Waals surface area contributed by atoms with Crippen LogP contribution in [0.15, 0.2) is 24.5 Å². The lowest BCUT2D eigenvalue weighted by atomic mass is 10.2. The molecule has 56 valence electrons. The van der Waals surface area contributed by atoms with Crippen LogP contribution in [-0.4, -0.2) is 10.9 Å². The SMILES string of the molecule is CC(C)/C=C/C(=O)/C=C/O. The molecule has 0 saturated carbocycles. The van der Waals surface area contributed by atoms with Crippen LogP contribution in [0, 0.1) is 5.92 Å². The molecule has 0 aromatic carbocycles. The fourth-order valence-corrected chi connectivity index (χ4v) is 0.416. The van der Waals surface area contributed by atoms with Gasteiger partial charge in [0.05, 0.1) is 6.26 Å². The van der Waals surface area contributed by atoms with Crippen LogP contribution in [-0.2, 0) is 4.79 Å². The molecule has 0 amide bonds. The summed E-state index contributed by atoms with van der Waals surface area (Å²) in [5, 5.41) is 8.17. The summed E-state index contributed by atoms with van der Waals surface area (Å²) >= 11 is 0. The zero-order valence-electron chi connectivity index (χ0n) is 6.24. The average molecular weight is 140 g/mol. The van der Waals surface area contributed by atoms with Crippen molar-refractivity contribution < 1.29 is 9.90 Å². The summed E-state index contributed by atoms with van der Waals surface area (Å²) in [6.07, 6.45) is 5.07. The number of rotatable bonds is 3. The van der Waals surface area contributed by atoms with Gasteiger partial charge < -0.3 is 5.11 Å². The van der Waals surface area contributed by atoms with E-state index in [1.165, 1.54) is 6.08 Å². The second kappa shape index (κ2) is 4.79. The monoisotopic (exact) mass is 140 g/mol. The van der Waals surface area contributed by atoms with E-state index >= 15 is 0 Å². The van der Waals surface area contributed by atoms with Gasteiger partial charge >= 0.3 is 0 Å². The molecule has 0 aromatic heterocycles. The molecule has 10 heavy (non-hydrogen) atoms. The van der Waals surface area contributed by atoms with Crippen molar-refractivity contribution in [2.45, 2.75) is 13.8 Å². The van der Waals surface area contributed by atoms with E-state index < -0.39 is 0 Å². The van der Waals surface area contributed by atoms with Gasteiger partial charge in [0.25, 0.3) is 0 Å². The highest BCUT2D eigenvalue weighted by Gasteiger charge is 1.88. The van der Waals surface area contributed by atoms with Crippen molar-refractivity contribution in [1.82, 2.24) is 0 Å². The molecule has 0 radical (unpaired) electrons. The normalized spacial score (nSPS) is 11.9. The molecule has 0 unspecified atom stereocenters. The van der Waals surface area contributed by atoms with Crippen LogP contribution in [0.3, 0.4) is 0 Å². The number of ketones is 1. The van der Waals surface area contributed by atoms with Gasteiger partial charge in [-0.1, -0.05) is 19.9 Å². The molecule has 0 atom stereocenters. The lowest BCUT2D eigenvalue weighted by molar-refractivity contribution is -0.110. The minimum atomic E-state index is -0.184. The quantitative estimate of drug-likeness (QED) is 0.479. The lowest BCUT2D eigenvalue weighted by Crippen LogP contribution is -1.86. The Hall–Kier alpha value is -1.05. The Morgan fingerprint density at radius 3 is 2.40 bits per heavy atom. The molecule has 0 aliphatic carbocycles. The largest absolute Gasteiger partial charge is 0.515 e. The molecule has 0 bridgehead atoms. The molecule has 0 fully saturated rings. The van der Waals surface area contributed by atoms with E-state index in [1.54, 1.807) is 6.08 Å². The van der Waals surface area contributed by atoms with Crippen molar-refractivity contribution in [1.29, 1.82) is 0 Å². The van der Waals surface area contributed by atoms with E-state index in [4.69, 9.17) is 5.11 Å². The molecule has 2 heteroatoms. The summed E-state index contributed by atoms with van der Waals surface area (Å²) in [5.41, 5.74) is 0. The number of hydrogen-bond donors (Lipinski definition) is 1. The van der Waals surface area contributed by atoms with Gasteiger partial charge in [0.15, 0.2) is 5.78 Å². The minimum Gasteiger partial charge on any atom is -0.515 e. The van der Waals surface area contributed by atoms with E-state index in [1.807, 2.05) is 13.8 Å². The third-order valence-electron chi connectivity index (χ3n) is 0.884. The first-order chi connectivity index (χ1) is 4.66. The van der Waals surface area contributed by atoms with Crippen LogP contribution in [0.4, 0.5) is 0 Å². The molecule has 1 N–H and O–H groups in total. The maximum Gasteiger partial charge on any atom is 0.181 e. The number of hydrogen-bond acceptors (Lipinski definition) is 2. The first-order valence-corrected chi connectivity index (χ1v) is 3.19. The molecule has 0 aromatic rings. The van der Waals surface area contributed by atoms with Gasteiger partial charge in [0, 0.05) is 6.08 Å². The van der Waals surface area contributed by atoms with E-state index in [2.05, 4.69) is 0 Å². The Morgan fingerprint density at radius 2 is 2.00 bits per heavy atom. The smallest absolute Gasteiger partial charge is 0.181 e. The molecule has 0 spiro atoms. The zero-order valence-corrected chi connectivity index (χ0v) is 6.24. The van der Waals surface area contributed by atoms with Crippen LogP contribution >= 0.6 is 0 Å². The van der Waals surface area contributed by atoms with Gasteiger partial charge in [0.2, 0.25) is 0 Å². The highest BCUT2D eigenvalue weighted by Crippen LogP contribution is 1.93. The Morgan fingerprint density at radius 1 is 1.40 bits per heavy atom.